The van der Waals surface area contributed by atoms with E-state index in [4.69, 9.17) is 0 Å². The molecule has 0 aromatic carbocycles. The van der Waals surface area contributed by atoms with Gasteiger partial charge in [-0.05, 0) is 44.5 Å². The molecule has 0 aliphatic carbocycles. The van der Waals surface area contributed by atoms with Crippen LogP contribution in [0.5, 0.6) is 0 Å². The van der Waals surface area contributed by atoms with Crippen LogP contribution in [0.1, 0.15) is 23.5 Å². The van der Waals surface area contributed by atoms with Crippen LogP contribution in [0.25, 0.3) is 0 Å². The van der Waals surface area contributed by atoms with E-state index in [0.29, 0.717) is 0 Å². The summed E-state index contributed by atoms with van der Waals surface area (Å²) in [6.45, 7) is 9.45. The first-order valence-electron chi connectivity index (χ1n) is 8.03. The van der Waals surface area contributed by atoms with E-state index in [2.05, 4.69) is 63.9 Å². The van der Waals surface area contributed by atoms with Gasteiger partial charge in [0.25, 0.3) is 0 Å². The summed E-state index contributed by atoms with van der Waals surface area (Å²) in [5.41, 5.74) is 4.65. The molecule has 0 amide bonds. The Morgan fingerprint density at radius 2 is 1.91 bits per heavy atom. The van der Waals surface area contributed by atoms with Crippen molar-refractivity contribution in [3.63, 3.8) is 0 Å². The standard InChI is InChI=1S/C18H24N4/c1-15-5-3-6-17(20-15)14-21-9-4-10-22(12-11-21)18-7-8-19-16(2)13-18/h3,5-8,13H,4,9-12,14H2,1-2H3. The lowest BCUT2D eigenvalue weighted by Crippen LogP contribution is -2.30. The Hall–Kier alpha value is -1.94. The molecule has 4 nitrogen and oxygen atoms in total. The molecule has 4 heteroatoms. The summed E-state index contributed by atoms with van der Waals surface area (Å²) in [6, 6.07) is 10.6. The van der Waals surface area contributed by atoms with Crippen molar-refractivity contribution in [2.75, 3.05) is 31.1 Å². The fraction of sp³-hybridized carbons (Fsp3) is 0.444. The normalized spacial score (nSPS) is 16.5. The van der Waals surface area contributed by atoms with Crippen molar-refractivity contribution in [2.24, 2.45) is 0 Å². The lowest BCUT2D eigenvalue weighted by molar-refractivity contribution is 0.282. The number of anilines is 1. The van der Waals surface area contributed by atoms with Crippen LogP contribution in [-0.2, 0) is 6.54 Å². The highest BCUT2D eigenvalue weighted by atomic mass is 15.2. The Balaban J connectivity index is 1.62. The summed E-state index contributed by atoms with van der Waals surface area (Å²) in [5, 5.41) is 0. The molecular weight excluding hydrogens is 272 g/mol. The molecule has 2 aromatic heterocycles. The Labute approximate surface area is 132 Å². The average Bonchev–Trinajstić information content (AvgIpc) is 2.73. The maximum Gasteiger partial charge on any atom is 0.0547 e. The number of rotatable bonds is 3. The van der Waals surface area contributed by atoms with Crippen LogP contribution < -0.4 is 4.90 Å². The number of aryl methyl sites for hydroxylation is 2. The van der Waals surface area contributed by atoms with E-state index in [1.807, 2.05) is 6.20 Å². The van der Waals surface area contributed by atoms with Gasteiger partial charge >= 0.3 is 0 Å². The number of hydrogen-bond donors (Lipinski definition) is 0. The molecule has 1 saturated heterocycles. The summed E-state index contributed by atoms with van der Waals surface area (Å²) in [6.07, 6.45) is 3.09. The van der Waals surface area contributed by atoms with Crippen molar-refractivity contribution in [3.8, 4) is 0 Å². The lowest BCUT2D eigenvalue weighted by Gasteiger charge is -2.23. The minimum Gasteiger partial charge on any atom is -0.370 e. The quantitative estimate of drug-likeness (QED) is 0.872. The maximum atomic E-state index is 4.62. The molecule has 2 aromatic rings. The molecule has 22 heavy (non-hydrogen) atoms. The fourth-order valence-electron chi connectivity index (χ4n) is 3.03. The first-order valence-corrected chi connectivity index (χ1v) is 8.03. The topological polar surface area (TPSA) is 32.3 Å². The predicted molar refractivity (Wildman–Crippen MR) is 90.1 cm³/mol. The predicted octanol–water partition coefficient (Wildman–Crippen LogP) is 2.81. The molecule has 1 aliphatic heterocycles. The molecule has 0 bridgehead atoms. The molecule has 3 heterocycles. The van der Waals surface area contributed by atoms with E-state index >= 15 is 0 Å². The van der Waals surface area contributed by atoms with Crippen molar-refractivity contribution in [3.05, 3.63) is 53.6 Å². The van der Waals surface area contributed by atoms with Crippen molar-refractivity contribution < 1.29 is 0 Å². The van der Waals surface area contributed by atoms with E-state index < -0.39 is 0 Å². The smallest absolute Gasteiger partial charge is 0.0547 e. The van der Waals surface area contributed by atoms with Crippen LogP contribution in [0.3, 0.4) is 0 Å². The van der Waals surface area contributed by atoms with Gasteiger partial charge in [0.2, 0.25) is 0 Å². The monoisotopic (exact) mass is 296 g/mol. The SMILES string of the molecule is Cc1cc(N2CCCN(Cc3cccc(C)n3)CC2)ccn1. The summed E-state index contributed by atoms with van der Waals surface area (Å²) in [7, 11) is 0. The highest BCUT2D eigenvalue weighted by Crippen LogP contribution is 2.17. The molecule has 0 radical (unpaired) electrons. The molecule has 0 N–H and O–H groups in total. The largest absolute Gasteiger partial charge is 0.370 e. The molecule has 1 fully saturated rings. The second-order valence-corrected chi connectivity index (χ2v) is 6.04. The van der Waals surface area contributed by atoms with E-state index in [0.717, 1.165) is 44.1 Å². The highest BCUT2D eigenvalue weighted by molar-refractivity contribution is 5.46. The van der Waals surface area contributed by atoms with Crippen LogP contribution in [0.15, 0.2) is 36.5 Å². The van der Waals surface area contributed by atoms with Crippen LogP contribution in [-0.4, -0.2) is 41.0 Å². The zero-order valence-electron chi connectivity index (χ0n) is 13.5. The molecule has 116 valence electrons. The number of nitrogens with zero attached hydrogens (tertiary/aromatic N) is 4. The molecule has 0 spiro atoms. The Bertz CT molecular complexity index is 626. The molecule has 1 aliphatic rings. The van der Waals surface area contributed by atoms with E-state index in [9.17, 15) is 0 Å². The summed E-state index contributed by atoms with van der Waals surface area (Å²) >= 11 is 0. The molecule has 0 atom stereocenters. The van der Waals surface area contributed by atoms with Crippen LogP contribution >= 0.6 is 0 Å². The first-order chi connectivity index (χ1) is 10.7. The molecular formula is C18H24N4. The lowest BCUT2D eigenvalue weighted by atomic mass is 10.3. The Morgan fingerprint density at radius 1 is 1.00 bits per heavy atom. The van der Waals surface area contributed by atoms with Crippen molar-refractivity contribution in [2.45, 2.75) is 26.8 Å². The number of pyridine rings is 2. The van der Waals surface area contributed by atoms with Crippen LogP contribution in [0.4, 0.5) is 5.69 Å². The Kier molecular flexibility index (Phi) is 4.68. The van der Waals surface area contributed by atoms with Gasteiger partial charge in [0.05, 0.1) is 5.69 Å². The fourth-order valence-corrected chi connectivity index (χ4v) is 3.03. The van der Waals surface area contributed by atoms with E-state index in [1.54, 1.807) is 0 Å². The number of aromatic nitrogens is 2. The summed E-state index contributed by atoms with van der Waals surface area (Å²) in [5.74, 6) is 0. The van der Waals surface area contributed by atoms with Gasteiger partial charge in [0, 0.05) is 56.0 Å². The van der Waals surface area contributed by atoms with Gasteiger partial charge in [-0.15, -0.1) is 0 Å². The van der Waals surface area contributed by atoms with Gasteiger partial charge in [0.15, 0.2) is 0 Å². The third kappa shape index (κ3) is 3.83. The first kappa shape index (κ1) is 15.0. The maximum absolute atomic E-state index is 4.62. The van der Waals surface area contributed by atoms with Gasteiger partial charge in [-0.3, -0.25) is 14.9 Å². The van der Waals surface area contributed by atoms with E-state index in [1.165, 1.54) is 17.8 Å². The van der Waals surface area contributed by atoms with Gasteiger partial charge in [-0.2, -0.15) is 0 Å². The highest BCUT2D eigenvalue weighted by Gasteiger charge is 2.16. The molecule has 0 unspecified atom stereocenters. The second kappa shape index (κ2) is 6.88. The minimum atomic E-state index is 0.949. The number of hydrogen-bond acceptors (Lipinski definition) is 4. The third-order valence-corrected chi connectivity index (χ3v) is 4.17. The zero-order valence-corrected chi connectivity index (χ0v) is 13.5. The van der Waals surface area contributed by atoms with E-state index in [-0.39, 0.29) is 0 Å². The van der Waals surface area contributed by atoms with Gasteiger partial charge in [0.1, 0.15) is 0 Å². The van der Waals surface area contributed by atoms with Crippen molar-refractivity contribution in [1.82, 2.24) is 14.9 Å². The van der Waals surface area contributed by atoms with Gasteiger partial charge in [-0.1, -0.05) is 6.07 Å². The third-order valence-electron chi connectivity index (χ3n) is 4.17. The molecule has 0 saturated carbocycles. The molecule has 3 rings (SSSR count). The van der Waals surface area contributed by atoms with Gasteiger partial charge in [-0.25, -0.2) is 0 Å². The minimum absolute atomic E-state index is 0.949. The second-order valence-electron chi connectivity index (χ2n) is 6.04. The van der Waals surface area contributed by atoms with Crippen LogP contribution in [0.2, 0.25) is 0 Å². The zero-order chi connectivity index (χ0) is 15.4. The summed E-state index contributed by atoms with van der Waals surface area (Å²) in [4.78, 5) is 13.9. The summed E-state index contributed by atoms with van der Waals surface area (Å²) < 4.78 is 0. The van der Waals surface area contributed by atoms with Gasteiger partial charge < -0.3 is 4.90 Å². The average molecular weight is 296 g/mol. The van der Waals surface area contributed by atoms with Crippen molar-refractivity contribution >= 4 is 5.69 Å². The van der Waals surface area contributed by atoms with Crippen LogP contribution in [0, 0.1) is 13.8 Å². The van der Waals surface area contributed by atoms with Crippen molar-refractivity contribution in [1.29, 1.82) is 0 Å². The Morgan fingerprint density at radius 3 is 2.73 bits per heavy atom.